The molecule has 0 radical (unpaired) electrons. The topological polar surface area (TPSA) is 61.4 Å². The molecular formula is C22H25N3O2. The lowest BCUT2D eigenvalue weighted by Gasteiger charge is -2.33. The van der Waals surface area contributed by atoms with Crippen LogP contribution in [0, 0.1) is 0 Å². The molecule has 1 fully saturated rings. The summed E-state index contributed by atoms with van der Waals surface area (Å²) >= 11 is 0. The van der Waals surface area contributed by atoms with Crippen molar-refractivity contribution in [3.05, 3.63) is 71.3 Å². The Hall–Kier alpha value is -2.82. The zero-order valence-electron chi connectivity index (χ0n) is 15.4. The maximum absolute atomic E-state index is 12.6. The molecule has 3 amide bonds. The van der Waals surface area contributed by atoms with E-state index in [1.54, 1.807) is 0 Å². The lowest BCUT2D eigenvalue weighted by Crippen LogP contribution is -2.49. The Morgan fingerprint density at radius 2 is 1.56 bits per heavy atom. The summed E-state index contributed by atoms with van der Waals surface area (Å²) in [7, 11) is 0. The van der Waals surface area contributed by atoms with Gasteiger partial charge >= 0.3 is 6.03 Å². The van der Waals surface area contributed by atoms with Crippen LogP contribution in [0.5, 0.6) is 0 Å². The van der Waals surface area contributed by atoms with Gasteiger partial charge in [-0.3, -0.25) is 4.79 Å². The third-order valence-electron chi connectivity index (χ3n) is 5.58. The maximum Gasteiger partial charge on any atom is 0.317 e. The molecule has 5 nitrogen and oxygen atoms in total. The summed E-state index contributed by atoms with van der Waals surface area (Å²) in [5.41, 5.74) is 3.26. The van der Waals surface area contributed by atoms with Gasteiger partial charge in [0.15, 0.2) is 0 Å². The number of likely N-dealkylation sites (tertiary alicyclic amines) is 1. The molecule has 1 heterocycles. The first-order valence-corrected chi connectivity index (χ1v) is 9.70. The molecule has 1 saturated heterocycles. The summed E-state index contributed by atoms with van der Waals surface area (Å²) in [5.74, 6) is -0.0407. The fraction of sp³-hybridized carbons (Fsp3) is 0.364. The Morgan fingerprint density at radius 3 is 2.33 bits per heavy atom. The van der Waals surface area contributed by atoms with Crippen LogP contribution in [0.25, 0.3) is 0 Å². The number of urea groups is 1. The van der Waals surface area contributed by atoms with Crippen LogP contribution >= 0.6 is 0 Å². The molecule has 1 unspecified atom stereocenters. The number of piperidine rings is 1. The highest BCUT2D eigenvalue weighted by molar-refractivity contribution is 5.94. The summed E-state index contributed by atoms with van der Waals surface area (Å²) in [6, 6.07) is 17.8. The molecule has 0 saturated carbocycles. The van der Waals surface area contributed by atoms with Crippen LogP contribution in [-0.4, -0.2) is 36.0 Å². The quantitative estimate of drug-likeness (QED) is 0.879. The van der Waals surface area contributed by atoms with Crippen molar-refractivity contribution in [2.45, 2.75) is 37.8 Å². The standard InChI is InChI=1S/C22H25N3O2/c26-21(17-7-2-1-3-8-17)23-18-12-14-25(15-13-18)22(27)24-20-11-10-16-6-4-5-9-19(16)20/h1-9,18,20H,10-15H2,(H,23,26)(H,24,27). The molecule has 4 rings (SSSR count). The van der Waals surface area contributed by atoms with Gasteiger partial charge in [0.25, 0.3) is 5.91 Å². The first kappa shape index (κ1) is 17.6. The molecule has 1 atom stereocenters. The third kappa shape index (κ3) is 3.97. The number of nitrogens with one attached hydrogen (secondary N) is 2. The Kier molecular flexibility index (Phi) is 5.10. The van der Waals surface area contributed by atoms with E-state index in [0.717, 1.165) is 25.7 Å². The van der Waals surface area contributed by atoms with Crippen LogP contribution in [0.2, 0.25) is 0 Å². The SMILES string of the molecule is O=C(NC1CCN(C(=O)NC2CCc3ccccc32)CC1)c1ccccc1. The highest BCUT2D eigenvalue weighted by atomic mass is 16.2. The summed E-state index contributed by atoms with van der Waals surface area (Å²) in [4.78, 5) is 26.8. The van der Waals surface area contributed by atoms with Crippen molar-refractivity contribution in [2.24, 2.45) is 0 Å². The number of carbonyl (C=O) groups is 2. The van der Waals surface area contributed by atoms with E-state index in [1.165, 1.54) is 11.1 Å². The van der Waals surface area contributed by atoms with E-state index in [-0.39, 0.29) is 24.0 Å². The Morgan fingerprint density at radius 1 is 0.852 bits per heavy atom. The van der Waals surface area contributed by atoms with Crippen LogP contribution < -0.4 is 10.6 Å². The third-order valence-corrected chi connectivity index (χ3v) is 5.58. The number of hydrogen-bond donors (Lipinski definition) is 2. The van der Waals surface area contributed by atoms with E-state index in [2.05, 4.69) is 28.8 Å². The van der Waals surface area contributed by atoms with Crippen molar-refractivity contribution in [3.8, 4) is 0 Å². The van der Waals surface area contributed by atoms with Crippen LogP contribution in [0.3, 0.4) is 0 Å². The van der Waals surface area contributed by atoms with E-state index in [9.17, 15) is 9.59 Å². The lowest BCUT2D eigenvalue weighted by atomic mass is 10.0. The Bertz CT molecular complexity index is 813. The molecule has 1 aliphatic carbocycles. The second-order valence-electron chi connectivity index (χ2n) is 7.34. The van der Waals surface area contributed by atoms with Crippen molar-refractivity contribution >= 4 is 11.9 Å². The average Bonchev–Trinajstić information content (AvgIpc) is 3.12. The zero-order valence-corrected chi connectivity index (χ0v) is 15.4. The highest BCUT2D eigenvalue weighted by Crippen LogP contribution is 2.30. The molecule has 140 valence electrons. The van der Waals surface area contributed by atoms with Gasteiger partial charge < -0.3 is 15.5 Å². The van der Waals surface area contributed by atoms with Gasteiger partial charge in [0.2, 0.25) is 0 Å². The number of benzene rings is 2. The molecule has 27 heavy (non-hydrogen) atoms. The molecule has 2 aliphatic rings. The lowest BCUT2D eigenvalue weighted by molar-refractivity contribution is 0.0917. The predicted molar refractivity (Wildman–Crippen MR) is 105 cm³/mol. The highest BCUT2D eigenvalue weighted by Gasteiger charge is 2.28. The maximum atomic E-state index is 12.6. The van der Waals surface area contributed by atoms with Crippen molar-refractivity contribution in [1.82, 2.24) is 15.5 Å². The number of carbonyl (C=O) groups excluding carboxylic acids is 2. The van der Waals surface area contributed by atoms with Crippen LogP contribution in [0.4, 0.5) is 4.79 Å². The second-order valence-corrected chi connectivity index (χ2v) is 7.34. The number of amides is 3. The van der Waals surface area contributed by atoms with Gasteiger partial charge in [-0.05, 0) is 48.9 Å². The number of aryl methyl sites for hydroxylation is 1. The minimum absolute atomic E-state index is 0.00420. The molecule has 2 N–H and O–H groups in total. The monoisotopic (exact) mass is 363 g/mol. The van der Waals surface area contributed by atoms with E-state index < -0.39 is 0 Å². The minimum Gasteiger partial charge on any atom is -0.349 e. The van der Waals surface area contributed by atoms with E-state index >= 15 is 0 Å². The smallest absolute Gasteiger partial charge is 0.317 e. The van der Waals surface area contributed by atoms with Gasteiger partial charge in [0.1, 0.15) is 0 Å². The van der Waals surface area contributed by atoms with Crippen molar-refractivity contribution in [2.75, 3.05) is 13.1 Å². The molecule has 1 aliphatic heterocycles. The number of fused-ring (bicyclic) bond motifs is 1. The number of hydrogen-bond acceptors (Lipinski definition) is 2. The zero-order chi connectivity index (χ0) is 18.6. The van der Waals surface area contributed by atoms with Crippen LogP contribution in [-0.2, 0) is 6.42 Å². The van der Waals surface area contributed by atoms with Gasteiger partial charge in [-0.15, -0.1) is 0 Å². The fourth-order valence-corrected chi connectivity index (χ4v) is 4.03. The van der Waals surface area contributed by atoms with Gasteiger partial charge in [-0.25, -0.2) is 4.79 Å². The first-order chi connectivity index (χ1) is 13.2. The van der Waals surface area contributed by atoms with Crippen LogP contribution in [0.15, 0.2) is 54.6 Å². The van der Waals surface area contributed by atoms with E-state index in [4.69, 9.17) is 0 Å². The second kappa shape index (κ2) is 7.82. The van der Waals surface area contributed by atoms with Crippen molar-refractivity contribution in [1.29, 1.82) is 0 Å². The number of rotatable bonds is 3. The van der Waals surface area contributed by atoms with E-state index in [0.29, 0.717) is 18.7 Å². The summed E-state index contributed by atoms with van der Waals surface area (Å²) < 4.78 is 0. The Balaban J connectivity index is 1.27. The fourth-order valence-electron chi connectivity index (χ4n) is 4.03. The molecule has 5 heteroatoms. The molecule has 0 bridgehead atoms. The summed E-state index contributed by atoms with van der Waals surface area (Å²) in [5, 5.41) is 6.27. The largest absolute Gasteiger partial charge is 0.349 e. The molecule has 0 spiro atoms. The van der Waals surface area contributed by atoms with E-state index in [1.807, 2.05) is 41.3 Å². The van der Waals surface area contributed by atoms with Crippen LogP contribution in [0.1, 0.15) is 46.8 Å². The van der Waals surface area contributed by atoms with Crippen molar-refractivity contribution in [3.63, 3.8) is 0 Å². The molecule has 2 aromatic carbocycles. The average molecular weight is 363 g/mol. The molecular weight excluding hydrogens is 338 g/mol. The van der Waals surface area contributed by atoms with Gasteiger partial charge in [0, 0.05) is 24.7 Å². The van der Waals surface area contributed by atoms with Gasteiger partial charge in [0.05, 0.1) is 6.04 Å². The Labute approximate surface area is 159 Å². The van der Waals surface area contributed by atoms with Gasteiger partial charge in [-0.2, -0.15) is 0 Å². The van der Waals surface area contributed by atoms with Gasteiger partial charge in [-0.1, -0.05) is 42.5 Å². The normalized spacial score (nSPS) is 19.4. The minimum atomic E-state index is -0.0407. The molecule has 0 aromatic heterocycles. The number of nitrogens with zero attached hydrogens (tertiary/aromatic N) is 1. The first-order valence-electron chi connectivity index (χ1n) is 9.70. The summed E-state index contributed by atoms with van der Waals surface area (Å²) in [6.07, 6.45) is 3.56. The molecule has 2 aromatic rings. The predicted octanol–water partition coefficient (Wildman–Crippen LogP) is 3.28. The summed E-state index contributed by atoms with van der Waals surface area (Å²) in [6.45, 7) is 1.33. The van der Waals surface area contributed by atoms with Crippen molar-refractivity contribution < 1.29 is 9.59 Å².